The van der Waals surface area contributed by atoms with E-state index in [4.69, 9.17) is 0 Å². The van der Waals surface area contributed by atoms with Gasteiger partial charge < -0.3 is 0 Å². The molecule has 0 amide bonds. The summed E-state index contributed by atoms with van der Waals surface area (Å²) in [6.45, 7) is 0. The van der Waals surface area contributed by atoms with E-state index in [1.807, 2.05) is 11.3 Å². The van der Waals surface area contributed by atoms with Gasteiger partial charge in [0.05, 0.1) is 0 Å². The first kappa shape index (κ1) is 26.5. The van der Waals surface area contributed by atoms with Crippen LogP contribution in [-0.2, 0) is 0 Å². The second-order valence-corrected chi connectivity index (χ2v) is 13.5. The number of fused-ring (bicyclic) bond motifs is 8. The quantitative estimate of drug-likeness (QED) is 0.174. The Morgan fingerprint density at radius 1 is 0.277 bits per heavy atom. The summed E-state index contributed by atoms with van der Waals surface area (Å²) in [5.41, 5.74) is 7.56. The zero-order valence-corrected chi connectivity index (χ0v) is 26.4. The molecule has 0 unspecified atom stereocenters. The van der Waals surface area contributed by atoms with Gasteiger partial charge in [0.2, 0.25) is 0 Å². The summed E-state index contributed by atoms with van der Waals surface area (Å²) in [6, 6.07) is 62.7. The normalized spacial score (nSPS) is 11.8. The van der Waals surface area contributed by atoms with E-state index < -0.39 is 0 Å². The van der Waals surface area contributed by atoms with Crippen LogP contribution in [0.4, 0.5) is 0 Å². The molecule has 0 radical (unpaired) electrons. The van der Waals surface area contributed by atoms with Crippen molar-refractivity contribution in [1.29, 1.82) is 0 Å². The van der Waals surface area contributed by atoms with Crippen LogP contribution in [0.5, 0.6) is 0 Å². The zero-order chi connectivity index (χ0) is 30.9. The molecular formula is C46H28S. The van der Waals surface area contributed by atoms with E-state index in [1.54, 1.807) is 0 Å². The Hall–Kier alpha value is -5.76. The highest BCUT2D eigenvalue weighted by Crippen LogP contribution is 2.45. The second-order valence-electron chi connectivity index (χ2n) is 12.5. The molecule has 0 spiro atoms. The highest BCUT2D eigenvalue weighted by atomic mass is 32.1. The highest BCUT2D eigenvalue weighted by molar-refractivity contribution is 7.26. The molecule has 10 aromatic rings. The SMILES string of the molecule is c1ccc2cc(-c3c4ccccc4c(-c4ccc(-c5ccc6c(c5)sc5ccc7ccccc7c56)cc4)c4ccccc34)ccc2c1. The van der Waals surface area contributed by atoms with Gasteiger partial charge in [0.1, 0.15) is 0 Å². The number of benzene rings is 9. The van der Waals surface area contributed by atoms with E-state index in [2.05, 4.69) is 170 Å². The molecule has 0 saturated carbocycles. The zero-order valence-electron chi connectivity index (χ0n) is 25.6. The lowest BCUT2D eigenvalue weighted by atomic mass is 9.85. The van der Waals surface area contributed by atoms with Crippen molar-refractivity contribution in [2.45, 2.75) is 0 Å². The summed E-state index contributed by atoms with van der Waals surface area (Å²) in [5, 5.41) is 13.0. The predicted octanol–water partition coefficient (Wildman–Crippen LogP) is 13.7. The molecule has 0 bridgehead atoms. The number of rotatable bonds is 3. The van der Waals surface area contributed by atoms with Crippen LogP contribution >= 0.6 is 11.3 Å². The van der Waals surface area contributed by atoms with Gasteiger partial charge in [0, 0.05) is 20.2 Å². The van der Waals surface area contributed by atoms with Crippen molar-refractivity contribution >= 4 is 74.6 Å². The second kappa shape index (κ2) is 10.4. The summed E-state index contributed by atoms with van der Waals surface area (Å²) in [6.07, 6.45) is 0. The van der Waals surface area contributed by atoms with E-state index in [0.717, 1.165) is 0 Å². The van der Waals surface area contributed by atoms with Gasteiger partial charge >= 0.3 is 0 Å². The van der Waals surface area contributed by atoms with Crippen LogP contribution in [-0.4, -0.2) is 0 Å². The van der Waals surface area contributed by atoms with Crippen molar-refractivity contribution in [2.24, 2.45) is 0 Å². The molecule has 1 heterocycles. The summed E-state index contributed by atoms with van der Waals surface area (Å²) in [4.78, 5) is 0. The molecule has 47 heavy (non-hydrogen) atoms. The average molecular weight is 613 g/mol. The molecule has 218 valence electrons. The minimum Gasteiger partial charge on any atom is -0.135 e. The summed E-state index contributed by atoms with van der Waals surface area (Å²) in [7, 11) is 0. The third kappa shape index (κ3) is 4.14. The van der Waals surface area contributed by atoms with Crippen molar-refractivity contribution in [3.63, 3.8) is 0 Å². The van der Waals surface area contributed by atoms with Gasteiger partial charge in [-0.3, -0.25) is 0 Å². The Morgan fingerprint density at radius 3 is 1.49 bits per heavy atom. The Kier molecular flexibility index (Phi) is 5.85. The fourth-order valence-corrected chi connectivity index (χ4v) is 8.81. The fourth-order valence-electron chi connectivity index (χ4n) is 7.65. The number of hydrogen-bond donors (Lipinski definition) is 0. The smallest absolute Gasteiger partial charge is 0.0361 e. The van der Waals surface area contributed by atoms with Crippen molar-refractivity contribution in [2.75, 3.05) is 0 Å². The predicted molar refractivity (Wildman–Crippen MR) is 206 cm³/mol. The molecular weight excluding hydrogens is 585 g/mol. The Bertz CT molecular complexity index is 2780. The minimum absolute atomic E-state index is 1.24. The van der Waals surface area contributed by atoms with E-state index in [9.17, 15) is 0 Å². The molecule has 0 fully saturated rings. The Labute approximate surface area is 276 Å². The Balaban J connectivity index is 1.12. The molecule has 10 rings (SSSR count). The van der Waals surface area contributed by atoms with Crippen LogP contribution in [0.2, 0.25) is 0 Å². The molecule has 0 aliphatic carbocycles. The molecule has 0 atom stereocenters. The van der Waals surface area contributed by atoms with Gasteiger partial charge in [-0.05, 0) is 94.7 Å². The van der Waals surface area contributed by atoms with Gasteiger partial charge in [0.15, 0.2) is 0 Å². The van der Waals surface area contributed by atoms with Crippen LogP contribution in [0.15, 0.2) is 170 Å². The van der Waals surface area contributed by atoms with Crippen LogP contribution in [0.25, 0.3) is 96.6 Å². The van der Waals surface area contributed by atoms with Gasteiger partial charge in [-0.2, -0.15) is 0 Å². The van der Waals surface area contributed by atoms with Crippen LogP contribution < -0.4 is 0 Å². The lowest BCUT2D eigenvalue weighted by molar-refractivity contribution is 1.63. The molecule has 0 saturated heterocycles. The van der Waals surface area contributed by atoms with Crippen LogP contribution in [0.1, 0.15) is 0 Å². The Morgan fingerprint density at radius 2 is 0.787 bits per heavy atom. The van der Waals surface area contributed by atoms with E-state index >= 15 is 0 Å². The maximum Gasteiger partial charge on any atom is 0.0361 e. The van der Waals surface area contributed by atoms with Gasteiger partial charge in [0.25, 0.3) is 0 Å². The lowest BCUT2D eigenvalue weighted by Crippen LogP contribution is -1.91. The topological polar surface area (TPSA) is 0 Å². The van der Waals surface area contributed by atoms with Crippen LogP contribution in [0.3, 0.4) is 0 Å². The molecule has 1 aromatic heterocycles. The van der Waals surface area contributed by atoms with Crippen molar-refractivity contribution < 1.29 is 0 Å². The van der Waals surface area contributed by atoms with E-state index in [1.165, 1.54) is 96.6 Å². The first-order valence-electron chi connectivity index (χ1n) is 16.2. The minimum atomic E-state index is 1.24. The molecule has 0 aliphatic heterocycles. The molecule has 1 heteroatoms. The standard InChI is InChI=1S/C46H28S/c1-2-11-33-27-35(22-19-29(33)9-1)45-39-15-7-5-13-37(39)44(38-14-6-8-16-40(38)45)32-20-17-30(18-21-32)34-23-25-41-43(28-34)47-42-26-24-31-10-3-4-12-36(31)46(41)42/h1-28H. The maximum atomic E-state index is 2.37. The summed E-state index contributed by atoms with van der Waals surface area (Å²) < 4.78 is 2.68. The van der Waals surface area contributed by atoms with Gasteiger partial charge in [-0.15, -0.1) is 11.3 Å². The molecule has 0 nitrogen and oxygen atoms in total. The first-order valence-corrected chi connectivity index (χ1v) is 17.0. The van der Waals surface area contributed by atoms with E-state index in [-0.39, 0.29) is 0 Å². The number of thiophene rings is 1. The van der Waals surface area contributed by atoms with Crippen molar-refractivity contribution in [3.8, 4) is 33.4 Å². The largest absolute Gasteiger partial charge is 0.135 e. The first-order chi connectivity index (χ1) is 23.3. The van der Waals surface area contributed by atoms with Gasteiger partial charge in [-0.1, -0.05) is 152 Å². The maximum absolute atomic E-state index is 2.37. The van der Waals surface area contributed by atoms with Crippen molar-refractivity contribution in [3.05, 3.63) is 170 Å². The monoisotopic (exact) mass is 612 g/mol. The van der Waals surface area contributed by atoms with Gasteiger partial charge in [-0.25, -0.2) is 0 Å². The number of hydrogen-bond acceptors (Lipinski definition) is 1. The molecule has 0 N–H and O–H groups in total. The third-order valence-electron chi connectivity index (χ3n) is 9.84. The molecule has 0 aliphatic rings. The fraction of sp³-hybridized carbons (Fsp3) is 0. The average Bonchev–Trinajstić information content (AvgIpc) is 3.52. The van der Waals surface area contributed by atoms with E-state index in [0.29, 0.717) is 0 Å². The lowest BCUT2D eigenvalue weighted by Gasteiger charge is -2.18. The van der Waals surface area contributed by atoms with Crippen molar-refractivity contribution in [1.82, 2.24) is 0 Å². The third-order valence-corrected chi connectivity index (χ3v) is 11.0. The molecule has 9 aromatic carbocycles. The highest BCUT2D eigenvalue weighted by Gasteiger charge is 2.17. The van der Waals surface area contributed by atoms with Crippen LogP contribution in [0, 0.1) is 0 Å². The summed E-state index contributed by atoms with van der Waals surface area (Å²) in [5.74, 6) is 0. The summed E-state index contributed by atoms with van der Waals surface area (Å²) >= 11 is 1.89.